The molecule has 3 nitrogen and oxygen atoms in total. The maximum atomic E-state index is 5.27. The van der Waals surface area contributed by atoms with E-state index in [0.717, 1.165) is 18.2 Å². The molecule has 1 atom stereocenters. The summed E-state index contributed by atoms with van der Waals surface area (Å²) in [6.07, 6.45) is 2.61. The summed E-state index contributed by atoms with van der Waals surface area (Å²) in [5.74, 6) is 0. The molecule has 16 heavy (non-hydrogen) atoms. The second-order valence-corrected chi connectivity index (χ2v) is 5.92. The third-order valence-corrected chi connectivity index (χ3v) is 3.14. The fourth-order valence-corrected chi connectivity index (χ4v) is 2.53. The smallest absolute Gasteiger partial charge is 0.166 e. The Balaban J connectivity index is 2.26. The zero-order valence-corrected chi connectivity index (χ0v) is 11.8. The third-order valence-electron chi connectivity index (χ3n) is 2.89. The molecule has 1 heterocycles. The van der Waals surface area contributed by atoms with E-state index in [1.54, 1.807) is 0 Å². The molecule has 0 saturated carbocycles. The molecule has 1 saturated heterocycles. The molecule has 0 aromatic rings. The molecule has 1 aliphatic rings. The van der Waals surface area contributed by atoms with Gasteiger partial charge in [0, 0.05) is 18.1 Å². The Morgan fingerprint density at radius 3 is 2.69 bits per heavy atom. The largest absolute Gasteiger partial charge is 0.361 e. The lowest BCUT2D eigenvalue weighted by atomic mass is 10.1. The molecule has 0 spiro atoms. The zero-order chi connectivity index (χ0) is 12.2. The first-order chi connectivity index (χ1) is 7.42. The molecule has 1 fully saturated rings. The second kappa shape index (κ2) is 5.82. The average Bonchev–Trinajstić information content (AvgIpc) is 2.59. The van der Waals surface area contributed by atoms with E-state index in [1.165, 1.54) is 19.4 Å². The van der Waals surface area contributed by atoms with E-state index in [9.17, 15) is 0 Å². The highest BCUT2D eigenvalue weighted by atomic mass is 32.1. The van der Waals surface area contributed by atoms with Crippen molar-refractivity contribution in [1.29, 1.82) is 0 Å². The second-order valence-electron chi connectivity index (χ2n) is 5.51. The predicted molar refractivity (Wildman–Crippen MR) is 73.8 cm³/mol. The summed E-state index contributed by atoms with van der Waals surface area (Å²) in [6, 6.07) is 0.657. The van der Waals surface area contributed by atoms with Gasteiger partial charge in [-0.1, -0.05) is 6.92 Å². The van der Waals surface area contributed by atoms with Gasteiger partial charge >= 0.3 is 0 Å². The molecule has 1 unspecified atom stereocenters. The monoisotopic (exact) mass is 243 g/mol. The average molecular weight is 243 g/mol. The summed E-state index contributed by atoms with van der Waals surface area (Å²) < 4.78 is 0. The number of rotatable bonds is 3. The van der Waals surface area contributed by atoms with Crippen LogP contribution >= 0.6 is 12.2 Å². The topological polar surface area (TPSA) is 27.3 Å². The van der Waals surface area contributed by atoms with E-state index < -0.39 is 0 Å². The Morgan fingerprint density at radius 1 is 1.44 bits per heavy atom. The summed E-state index contributed by atoms with van der Waals surface area (Å²) in [5, 5.41) is 7.38. The summed E-state index contributed by atoms with van der Waals surface area (Å²) >= 11 is 5.27. The first-order valence-corrected chi connectivity index (χ1v) is 6.63. The van der Waals surface area contributed by atoms with E-state index in [1.807, 2.05) is 0 Å². The van der Waals surface area contributed by atoms with Crippen molar-refractivity contribution >= 4 is 17.3 Å². The van der Waals surface area contributed by atoms with Crippen molar-refractivity contribution in [2.45, 2.75) is 52.1 Å². The van der Waals surface area contributed by atoms with E-state index in [0.29, 0.717) is 6.04 Å². The van der Waals surface area contributed by atoms with Crippen LogP contribution in [-0.2, 0) is 0 Å². The Bertz CT molecular complexity index is 235. The van der Waals surface area contributed by atoms with Crippen LogP contribution in [0.25, 0.3) is 0 Å². The highest BCUT2D eigenvalue weighted by Crippen LogP contribution is 2.15. The molecule has 0 aromatic carbocycles. The van der Waals surface area contributed by atoms with Crippen LogP contribution in [0.3, 0.4) is 0 Å². The Kier molecular flexibility index (Phi) is 4.99. The van der Waals surface area contributed by atoms with Crippen molar-refractivity contribution < 1.29 is 0 Å². The standard InChI is InChI=1S/C12H25N3S/c1-5-15-8-6-7-10(15)9-13-11(16)14-12(2,3)4/h10H,5-9H2,1-4H3,(H2,13,14,16). The number of hydrogen-bond acceptors (Lipinski definition) is 2. The van der Waals surface area contributed by atoms with Crippen LogP contribution in [-0.4, -0.2) is 41.2 Å². The van der Waals surface area contributed by atoms with Gasteiger partial charge in [-0.15, -0.1) is 0 Å². The van der Waals surface area contributed by atoms with E-state index in [-0.39, 0.29) is 5.54 Å². The summed E-state index contributed by atoms with van der Waals surface area (Å²) in [4.78, 5) is 2.52. The molecule has 4 heteroatoms. The van der Waals surface area contributed by atoms with Crippen molar-refractivity contribution in [2.75, 3.05) is 19.6 Å². The number of likely N-dealkylation sites (tertiary alicyclic amines) is 1. The van der Waals surface area contributed by atoms with Gasteiger partial charge in [-0.25, -0.2) is 0 Å². The highest BCUT2D eigenvalue weighted by molar-refractivity contribution is 7.80. The number of hydrogen-bond donors (Lipinski definition) is 2. The van der Waals surface area contributed by atoms with Crippen molar-refractivity contribution in [3.63, 3.8) is 0 Å². The van der Waals surface area contributed by atoms with Gasteiger partial charge in [-0.2, -0.15) is 0 Å². The third kappa shape index (κ3) is 4.66. The fourth-order valence-electron chi connectivity index (χ4n) is 2.14. The van der Waals surface area contributed by atoms with Gasteiger partial charge in [0.05, 0.1) is 0 Å². The van der Waals surface area contributed by atoms with Crippen molar-refractivity contribution in [3.8, 4) is 0 Å². The van der Waals surface area contributed by atoms with Gasteiger partial charge in [-0.05, 0) is 58.9 Å². The van der Waals surface area contributed by atoms with Crippen LogP contribution in [0.4, 0.5) is 0 Å². The van der Waals surface area contributed by atoms with Gasteiger partial charge in [0.2, 0.25) is 0 Å². The molecule has 0 amide bonds. The predicted octanol–water partition coefficient (Wildman–Crippen LogP) is 1.73. The highest BCUT2D eigenvalue weighted by Gasteiger charge is 2.22. The zero-order valence-electron chi connectivity index (χ0n) is 11.0. The molecular formula is C12H25N3S. The molecule has 1 aliphatic heterocycles. The first-order valence-electron chi connectivity index (χ1n) is 6.22. The van der Waals surface area contributed by atoms with Gasteiger partial charge in [0.1, 0.15) is 0 Å². The van der Waals surface area contributed by atoms with Crippen molar-refractivity contribution in [2.24, 2.45) is 0 Å². The molecular weight excluding hydrogens is 218 g/mol. The lowest BCUT2D eigenvalue weighted by molar-refractivity contribution is 0.267. The van der Waals surface area contributed by atoms with Crippen molar-refractivity contribution in [1.82, 2.24) is 15.5 Å². The number of nitrogens with zero attached hydrogens (tertiary/aromatic N) is 1. The molecule has 0 aliphatic carbocycles. The van der Waals surface area contributed by atoms with E-state index in [4.69, 9.17) is 12.2 Å². The minimum atomic E-state index is 0.0458. The minimum absolute atomic E-state index is 0.0458. The van der Waals surface area contributed by atoms with E-state index in [2.05, 4.69) is 43.2 Å². The minimum Gasteiger partial charge on any atom is -0.361 e. The van der Waals surface area contributed by atoms with Crippen LogP contribution in [0.15, 0.2) is 0 Å². The van der Waals surface area contributed by atoms with Crippen LogP contribution in [0.1, 0.15) is 40.5 Å². The maximum absolute atomic E-state index is 5.27. The Hall–Kier alpha value is -0.350. The maximum Gasteiger partial charge on any atom is 0.166 e. The molecule has 1 rings (SSSR count). The quantitative estimate of drug-likeness (QED) is 0.738. The number of likely N-dealkylation sites (N-methyl/N-ethyl adjacent to an activating group) is 1. The van der Waals surface area contributed by atoms with Crippen LogP contribution < -0.4 is 10.6 Å². The Morgan fingerprint density at radius 2 is 2.12 bits per heavy atom. The number of thiocarbonyl (C=S) groups is 1. The van der Waals surface area contributed by atoms with Crippen LogP contribution in [0.2, 0.25) is 0 Å². The van der Waals surface area contributed by atoms with Crippen LogP contribution in [0, 0.1) is 0 Å². The molecule has 2 N–H and O–H groups in total. The SMILES string of the molecule is CCN1CCCC1CNC(=S)NC(C)(C)C. The molecule has 94 valence electrons. The summed E-state index contributed by atoms with van der Waals surface area (Å²) in [7, 11) is 0. The molecule has 0 bridgehead atoms. The molecule has 0 aromatic heterocycles. The van der Waals surface area contributed by atoms with Crippen molar-refractivity contribution in [3.05, 3.63) is 0 Å². The summed E-state index contributed by atoms with van der Waals surface area (Å²) in [5.41, 5.74) is 0.0458. The Labute approximate surface area is 105 Å². The van der Waals surface area contributed by atoms with Gasteiger partial charge in [-0.3, -0.25) is 4.90 Å². The normalized spacial score (nSPS) is 22.1. The van der Waals surface area contributed by atoms with Gasteiger partial charge < -0.3 is 10.6 Å². The lowest BCUT2D eigenvalue weighted by Crippen LogP contribution is -2.49. The van der Waals surface area contributed by atoms with Gasteiger partial charge in [0.15, 0.2) is 5.11 Å². The first kappa shape index (κ1) is 13.7. The van der Waals surface area contributed by atoms with Crippen LogP contribution in [0.5, 0.6) is 0 Å². The number of nitrogens with one attached hydrogen (secondary N) is 2. The summed E-state index contributed by atoms with van der Waals surface area (Å²) in [6.45, 7) is 11.9. The molecule has 0 radical (unpaired) electrons. The lowest BCUT2D eigenvalue weighted by Gasteiger charge is -2.26. The fraction of sp³-hybridized carbons (Fsp3) is 0.917. The van der Waals surface area contributed by atoms with Gasteiger partial charge in [0.25, 0.3) is 0 Å². The van der Waals surface area contributed by atoms with E-state index >= 15 is 0 Å².